The van der Waals surface area contributed by atoms with Crippen LogP contribution in [-0.4, -0.2) is 11.8 Å². The first kappa shape index (κ1) is 19.4. The molecule has 4 rings (SSSR count). The molecule has 0 fully saturated rings. The van der Waals surface area contributed by atoms with Crippen molar-refractivity contribution in [2.75, 3.05) is 5.32 Å². The lowest BCUT2D eigenvalue weighted by Crippen LogP contribution is -2.29. The van der Waals surface area contributed by atoms with Crippen LogP contribution in [0.2, 0.25) is 0 Å². The van der Waals surface area contributed by atoms with Crippen LogP contribution in [0.1, 0.15) is 34.6 Å². The molecule has 0 spiro atoms. The molecule has 2 amide bonds. The summed E-state index contributed by atoms with van der Waals surface area (Å²) in [5.74, 6) is -0.870. The zero-order valence-electron chi connectivity index (χ0n) is 16.2. The maximum Gasteiger partial charge on any atom is 0.252 e. The Morgan fingerprint density at radius 3 is 2.40 bits per heavy atom. The highest BCUT2D eigenvalue weighted by Crippen LogP contribution is 2.29. The molecule has 150 valence electrons. The fourth-order valence-electron chi connectivity index (χ4n) is 3.28. The molecule has 5 nitrogen and oxygen atoms in total. The summed E-state index contributed by atoms with van der Waals surface area (Å²) in [6, 6.07) is 22.2. The lowest BCUT2D eigenvalue weighted by Gasteiger charge is -2.17. The van der Waals surface area contributed by atoms with Crippen LogP contribution >= 0.6 is 0 Å². The van der Waals surface area contributed by atoms with E-state index in [1.54, 1.807) is 0 Å². The lowest BCUT2D eigenvalue weighted by molar-refractivity contribution is -0.114. The summed E-state index contributed by atoms with van der Waals surface area (Å²) >= 11 is 0. The van der Waals surface area contributed by atoms with Crippen molar-refractivity contribution >= 4 is 28.5 Å². The predicted octanol–water partition coefficient (Wildman–Crippen LogP) is 5.05. The number of anilines is 1. The third-order valence-corrected chi connectivity index (χ3v) is 4.68. The number of nitrogens with one attached hydrogen (secondary N) is 2. The molecule has 0 aliphatic rings. The number of carbonyl (C=O) groups is 2. The predicted molar refractivity (Wildman–Crippen MR) is 113 cm³/mol. The van der Waals surface area contributed by atoms with Crippen molar-refractivity contribution in [2.24, 2.45) is 0 Å². The third-order valence-electron chi connectivity index (χ3n) is 4.68. The first-order chi connectivity index (χ1) is 14.5. The van der Waals surface area contributed by atoms with Gasteiger partial charge >= 0.3 is 0 Å². The van der Waals surface area contributed by atoms with Gasteiger partial charge in [-0.05, 0) is 35.9 Å². The minimum absolute atomic E-state index is 0.0462. The van der Waals surface area contributed by atoms with Gasteiger partial charge in [0.2, 0.25) is 5.91 Å². The summed E-state index contributed by atoms with van der Waals surface area (Å²) in [5.41, 5.74) is 1.74. The third kappa shape index (κ3) is 4.07. The highest BCUT2D eigenvalue weighted by Gasteiger charge is 2.22. The molecule has 1 atom stereocenters. The van der Waals surface area contributed by atoms with Gasteiger partial charge in [0, 0.05) is 17.9 Å². The van der Waals surface area contributed by atoms with Gasteiger partial charge in [0.1, 0.15) is 23.2 Å². The molecule has 1 aromatic heterocycles. The molecule has 2 N–H and O–H groups in total. The van der Waals surface area contributed by atoms with Gasteiger partial charge in [-0.25, -0.2) is 4.39 Å². The smallest absolute Gasteiger partial charge is 0.252 e. The quantitative estimate of drug-likeness (QED) is 0.491. The molecule has 0 saturated carbocycles. The minimum Gasteiger partial charge on any atom is -0.459 e. The number of halogens is 1. The Labute approximate surface area is 172 Å². The van der Waals surface area contributed by atoms with E-state index in [1.165, 1.54) is 19.1 Å². The van der Waals surface area contributed by atoms with Gasteiger partial charge < -0.3 is 15.1 Å². The van der Waals surface area contributed by atoms with Gasteiger partial charge in [0.15, 0.2) is 0 Å². The number of hydrogen-bond donors (Lipinski definition) is 2. The van der Waals surface area contributed by atoms with Gasteiger partial charge in [-0.2, -0.15) is 0 Å². The highest BCUT2D eigenvalue weighted by molar-refractivity contribution is 5.97. The van der Waals surface area contributed by atoms with E-state index in [0.717, 1.165) is 22.6 Å². The summed E-state index contributed by atoms with van der Waals surface area (Å²) in [5, 5.41) is 6.28. The lowest BCUT2D eigenvalue weighted by atomic mass is 10.0. The number of para-hydroxylation sites is 1. The van der Waals surface area contributed by atoms with Crippen LogP contribution < -0.4 is 10.6 Å². The molecular weight excluding hydrogens is 383 g/mol. The zero-order chi connectivity index (χ0) is 21.1. The number of furan rings is 1. The average Bonchev–Trinajstić information content (AvgIpc) is 3.17. The Morgan fingerprint density at radius 2 is 1.67 bits per heavy atom. The number of amides is 2. The first-order valence-corrected chi connectivity index (χ1v) is 9.42. The summed E-state index contributed by atoms with van der Waals surface area (Å²) in [4.78, 5) is 24.3. The summed E-state index contributed by atoms with van der Waals surface area (Å²) in [6.45, 7) is 1.28. The maximum atomic E-state index is 13.9. The van der Waals surface area contributed by atoms with Crippen LogP contribution in [0.5, 0.6) is 0 Å². The Hall–Kier alpha value is -3.93. The van der Waals surface area contributed by atoms with E-state index in [-0.39, 0.29) is 11.3 Å². The largest absolute Gasteiger partial charge is 0.459 e. The Balaban J connectivity index is 1.69. The van der Waals surface area contributed by atoms with Crippen LogP contribution in [0, 0.1) is 5.82 Å². The molecule has 0 saturated heterocycles. The monoisotopic (exact) mass is 402 g/mol. The summed E-state index contributed by atoms with van der Waals surface area (Å²) in [7, 11) is 0. The normalized spacial score (nSPS) is 11.8. The molecule has 0 aliphatic carbocycles. The Bertz CT molecular complexity index is 1180. The minimum atomic E-state index is -0.612. The summed E-state index contributed by atoms with van der Waals surface area (Å²) in [6.07, 6.45) is 0. The molecule has 6 heteroatoms. The molecule has 1 heterocycles. The van der Waals surface area contributed by atoms with Crippen LogP contribution in [0.15, 0.2) is 83.3 Å². The van der Waals surface area contributed by atoms with E-state index >= 15 is 0 Å². The van der Waals surface area contributed by atoms with Gasteiger partial charge in [-0.3, -0.25) is 9.59 Å². The zero-order valence-corrected chi connectivity index (χ0v) is 16.2. The van der Waals surface area contributed by atoms with E-state index in [1.807, 2.05) is 60.7 Å². The van der Waals surface area contributed by atoms with E-state index < -0.39 is 23.7 Å². The second-order valence-electron chi connectivity index (χ2n) is 6.88. The van der Waals surface area contributed by atoms with Crippen molar-refractivity contribution in [1.29, 1.82) is 0 Å². The van der Waals surface area contributed by atoms with Gasteiger partial charge in [0.25, 0.3) is 5.91 Å². The highest BCUT2D eigenvalue weighted by atomic mass is 19.1. The van der Waals surface area contributed by atoms with Crippen molar-refractivity contribution in [2.45, 2.75) is 13.0 Å². The molecule has 1 unspecified atom stereocenters. The SMILES string of the molecule is CC(=O)Nc1cc(C(=O)NC(c2ccccc2)c2cc3ccccc3o2)ccc1F. The number of rotatable bonds is 5. The van der Waals surface area contributed by atoms with E-state index in [9.17, 15) is 14.0 Å². The molecule has 0 radical (unpaired) electrons. The van der Waals surface area contributed by atoms with Crippen molar-refractivity contribution in [3.8, 4) is 0 Å². The van der Waals surface area contributed by atoms with Gasteiger partial charge in [-0.1, -0.05) is 48.5 Å². The van der Waals surface area contributed by atoms with Crippen molar-refractivity contribution in [3.63, 3.8) is 0 Å². The van der Waals surface area contributed by atoms with Gasteiger partial charge in [-0.15, -0.1) is 0 Å². The number of hydrogen-bond acceptors (Lipinski definition) is 3. The second-order valence-corrected chi connectivity index (χ2v) is 6.88. The molecule has 4 aromatic rings. The second kappa shape index (κ2) is 8.21. The average molecular weight is 402 g/mol. The molecular formula is C24H19FN2O3. The standard InChI is InChI=1S/C24H19FN2O3/c1-15(28)26-20-13-18(11-12-19(20)25)24(29)27-23(16-7-3-2-4-8-16)22-14-17-9-5-6-10-21(17)30-22/h2-14,23H,1H3,(H,26,28)(H,27,29). The number of carbonyl (C=O) groups excluding carboxylic acids is 2. The van der Waals surface area contributed by atoms with E-state index in [4.69, 9.17) is 4.42 Å². The van der Waals surface area contributed by atoms with Crippen LogP contribution in [-0.2, 0) is 4.79 Å². The topological polar surface area (TPSA) is 71.3 Å². The van der Waals surface area contributed by atoms with E-state index in [2.05, 4.69) is 10.6 Å². The molecule has 30 heavy (non-hydrogen) atoms. The number of benzene rings is 3. The molecule has 3 aromatic carbocycles. The fraction of sp³-hybridized carbons (Fsp3) is 0.0833. The van der Waals surface area contributed by atoms with E-state index in [0.29, 0.717) is 5.76 Å². The van der Waals surface area contributed by atoms with Crippen LogP contribution in [0.25, 0.3) is 11.0 Å². The number of fused-ring (bicyclic) bond motifs is 1. The van der Waals surface area contributed by atoms with Crippen molar-refractivity contribution in [1.82, 2.24) is 5.32 Å². The molecule has 0 bridgehead atoms. The van der Waals surface area contributed by atoms with Crippen LogP contribution in [0.4, 0.5) is 10.1 Å². The van der Waals surface area contributed by atoms with Gasteiger partial charge in [0.05, 0.1) is 5.69 Å². The van der Waals surface area contributed by atoms with Crippen molar-refractivity contribution in [3.05, 3.63) is 102 Å². The molecule has 0 aliphatic heterocycles. The maximum absolute atomic E-state index is 13.9. The Morgan fingerprint density at radius 1 is 0.933 bits per heavy atom. The first-order valence-electron chi connectivity index (χ1n) is 9.42. The van der Waals surface area contributed by atoms with Crippen LogP contribution in [0.3, 0.4) is 0 Å². The summed E-state index contributed by atoms with van der Waals surface area (Å²) < 4.78 is 19.9. The van der Waals surface area contributed by atoms with Crippen molar-refractivity contribution < 1.29 is 18.4 Å². The fourth-order valence-corrected chi connectivity index (χ4v) is 3.28. The Kier molecular flexibility index (Phi) is 5.30.